The predicted octanol–water partition coefficient (Wildman–Crippen LogP) is 1.74. The van der Waals surface area contributed by atoms with E-state index in [1.54, 1.807) is 0 Å². The lowest BCUT2D eigenvalue weighted by atomic mass is 10.0. The molecule has 0 aromatic carbocycles. The number of hydrogen-bond acceptors (Lipinski definition) is 2. The molecule has 1 aromatic rings. The van der Waals surface area contributed by atoms with Crippen molar-refractivity contribution in [2.45, 2.75) is 19.8 Å². The minimum absolute atomic E-state index is 0.749. The summed E-state index contributed by atoms with van der Waals surface area (Å²) >= 11 is 0. The molecule has 2 rings (SSSR count). The van der Waals surface area contributed by atoms with Crippen molar-refractivity contribution in [1.82, 2.24) is 9.78 Å². The van der Waals surface area contributed by atoms with Crippen LogP contribution in [0, 0.1) is 0 Å². The maximum absolute atomic E-state index is 5.48. The molecule has 1 heterocycles. The van der Waals surface area contributed by atoms with Crippen molar-refractivity contribution < 1.29 is 4.74 Å². The van der Waals surface area contributed by atoms with E-state index in [-0.39, 0.29) is 0 Å². The summed E-state index contributed by atoms with van der Waals surface area (Å²) in [6, 6.07) is 0. The van der Waals surface area contributed by atoms with Crippen LogP contribution >= 0.6 is 0 Å². The largest absolute Gasteiger partial charge is 0.498 e. The van der Waals surface area contributed by atoms with E-state index in [9.17, 15) is 0 Å². The Morgan fingerprint density at radius 3 is 3.15 bits per heavy atom. The molecular formula is C10H14N2O. The molecule has 0 saturated heterocycles. The van der Waals surface area contributed by atoms with Gasteiger partial charge in [-0.05, 0) is 18.9 Å². The summed E-state index contributed by atoms with van der Waals surface area (Å²) in [5.41, 5.74) is 2.51. The Hall–Kier alpha value is -1.25. The summed E-state index contributed by atoms with van der Waals surface area (Å²) < 4.78 is 7.38. The highest BCUT2D eigenvalue weighted by molar-refractivity contribution is 5.54. The number of ether oxygens (including phenoxy) is 1. The molecule has 70 valence electrons. The van der Waals surface area contributed by atoms with Crippen LogP contribution in [0.25, 0.3) is 6.08 Å². The summed E-state index contributed by atoms with van der Waals surface area (Å²) in [6.45, 7) is 2.76. The van der Waals surface area contributed by atoms with Gasteiger partial charge in [0, 0.05) is 19.5 Å². The quantitative estimate of drug-likeness (QED) is 0.689. The summed E-state index contributed by atoms with van der Waals surface area (Å²) in [7, 11) is 1.96. The zero-order valence-corrected chi connectivity index (χ0v) is 8.08. The first-order chi connectivity index (χ1) is 6.31. The van der Waals surface area contributed by atoms with Gasteiger partial charge in [0.1, 0.15) is 0 Å². The van der Waals surface area contributed by atoms with E-state index in [1.165, 1.54) is 11.3 Å². The molecule has 0 spiro atoms. The monoisotopic (exact) mass is 178 g/mol. The van der Waals surface area contributed by atoms with E-state index < -0.39 is 0 Å². The molecule has 0 amide bonds. The molecule has 1 aliphatic rings. The lowest BCUT2D eigenvalue weighted by Gasteiger charge is -2.13. The van der Waals surface area contributed by atoms with Crippen molar-refractivity contribution in [2.75, 3.05) is 6.61 Å². The fourth-order valence-electron chi connectivity index (χ4n) is 1.65. The first kappa shape index (κ1) is 8.35. The fraction of sp³-hybridized carbons (Fsp3) is 0.500. The van der Waals surface area contributed by atoms with Gasteiger partial charge in [0.2, 0.25) is 0 Å². The van der Waals surface area contributed by atoms with Crippen LogP contribution in [-0.2, 0) is 18.2 Å². The third kappa shape index (κ3) is 1.46. The first-order valence-electron chi connectivity index (χ1n) is 4.65. The number of aromatic nitrogens is 2. The molecule has 0 radical (unpaired) electrons. The van der Waals surface area contributed by atoms with Crippen LogP contribution in [-0.4, -0.2) is 16.4 Å². The van der Waals surface area contributed by atoms with Crippen LogP contribution in [0.2, 0.25) is 0 Å². The summed E-state index contributed by atoms with van der Waals surface area (Å²) in [4.78, 5) is 0. The minimum Gasteiger partial charge on any atom is -0.498 e. The highest BCUT2D eigenvalue weighted by Gasteiger charge is 2.14. The highest BCUT2D eigenvalue weighted by atomic mass is 16.5. The van der Waals surface area contributed by atoms with Crippen molar-refractivity contribution in [1.29, 1.82) is 0 Å². The Bertz CT molecular complexity index is 339. The van der Waals surface area contributed by atoms with Crippen molar-refractivity contribution in [2.24, 2.45) is 7.05 Å². The lowest BCUT2D eigenvalue weighted by molar-refractivity contribution is 0.221. The summed E-state index contributed by atoms with van der Waals surface area (Å²) in [5.74, 6) is 1.08. The van der Waals surface area contributed by atoms with E-state index in [0.717, 1.165) is 25.2 Å². The maximum Gasteiger partial charge on any atom is 0.0984 e. The van der Waals surface area contributed by atoms with E-state index in [2.05, 4.69) is 11.2 Å². The molecule has 3 nitrogen and oxygen atoms in total. The standard InChI is InChI=1S/C10H14N2O/c1-3-13-9-5-4-8-7-11-12(2)10(8)6-9/h6-7H,3-5H2,1-2H3. The molecule has 0 N–H and O–H groups in total. The molecule has 0 bridgehead atoms. The zero-order chi connectivity index (χ0) is 9.26. The first-order valence-corrected chi connectivity index (χ1v) is 4.65. The minimum atomic E-state index is 0.749. The van der Waals surface area contributed by atoms with Crippen LogP contribution in [0.3, 0.4) is 0 Å². The lowest BCUT2D eigenvalue weighted by Crippen LogP contribution is -2.04. The van der Waals surface area contributed by atoms with Crippen LogP contribution in [0.5, 0.6) is 0 Å². The number of aryl methyl sites for hydroxylation is 2. The Kier molecular flexibility index (Phi) is 2.08. The molecule has 13 heavy (non-hydrogen) atoms. The molecule has 1 aromatic heterocycles. The smallest absolute Gasteiger partial charge is 0.0984 e. The molecule has 0 unspecified atom stereocenters. The van der Waals surface area contributed by atoms with Crippen molar-refractivity contribution in [3.8, 4) is 0 Å². The van der Waals surface area contributed by atoms with Gasteiger partial charge in [-0.25, -0.2) is 0 Å². The van der Waals surface area contributed by atoms with Crippen LogP contribution < -0.4 is 0 Å². The maximum atomic E-state index is 5.48. The van der Waals surface area contributed by atoms with Crippen LogP contribution in [0.4, 0.5) is 0 Å². The Morgan fingerprint density at radius 2 is 2.38 bits per heavy atom. The van der Waals surface area contributed by atoms with Gasteiger partial charge in [0.15, 0.2) is 0 Å². The molecule has 0 atom stereocenters. The molecule has 0 saturated carbocycles. The number of hydrogen-bond donors (Lipinski definition) is 0. The van der Waals surface area contributed by atoms with Crippen LogP contribution in [0.15, 0.2) is 12.0 Å². The molecule has 0 aliphatic heterocycles. The number of rotatable bonds is 2. The second-order valence-electron chi connectivity index (χ2n) is 3.22. The predicted molar refractivity (Wildman–Crippen MR) is 51.1 cm³/mol. The SMILES string of the molecule is CCOC1=Cc2c(cnn2C)CC1. The van der Waals surface area contributed by atoms with E-state index in [0.29, 0.717) is 0 Å². The van der Waals surface area contributed by atoms with Crippen molar-refractivity contribution in [3.63, 3.8) is 0 Å². The van der Waals surface area contributed by atoms with E-state index >= 15 is 0 Å². The van der Waals surface area contributed by atoms with Crippen LogP contribution in [0.1, 0.15) is 24.6 Å². The third-order valence-corrected chi connectivity index (χ3v) is 2.33. The summed E-state index contributed by atoms with van der Waals surface area (Å²) in [5, 5.41) is 4.21. The normalized spacial score (nSPS) is 15.1. The molecule has 3 heteroatoms. The highest BCUT2D eigenvalue weighted by Crippen LogP contribution is 2.23. The van der Waals surface area contributed by atoms with E-state index in [1.807, 2.05) is 24.9 Å². The Morgan fingerprint density at radius 1 is 1.54 bits per heavy atom. The third-order valence-electron chi connectivity index (χ3n) is 2.33. The second kappa shape index (κ2) is 3.24. The number of fused-ring (bicyclic) bond motifs is 1. The van der Waals surface area contributed by atoms with E-state index in [4.69, 9.17) is 4.74 Å². The van der Waals surface area contributed by atoms with Crippen molar-refractivity contribution >= 4 is 6.08 Å². The molecule has 0 fully saturated rings. The summed E-state index contributed by atoms with van der Waals surface area (Å²) in [6.07, 6.45) is 6.09. The van der Waals surface area contributed by atoms with Crippen molar-refractivity contribution in [3.05, 3.63) is 23.2 Å². The van der Waals surface area contributed by atoms with Gasteiger partial charge < -0.3 is 4.74 Å². The Labute approximate surface area is 78.0 Å². The van der Waals surface area contributed by atoms with Gasteiger partial charge in [-0.15, -0.1) is 0 Å². The van der Waals surface area contributed by atoms with Gasteiger partial charge in [0.05, 0.1) is 24.3 Å². The van der Waals surface area contributed by atoms with Gasteiger partial charge in [0.25, 0.3) is 0 Å². The Balaban J connectivity index is 2.31. The number of allylic oxidation sites excluding steroid dienone is 1. The van der Waals surface area contributed by atoms with Gasteiger partial charge in [-0.1, -0.05) is 0 Å². The fourth-order valence-corrected chi connectivity index (χ4v) is 1.65. The zero-order valence-electron chi connectivity index (χ0n) is 8.08. The van der Waals surface area contributed by atoms with Gasteiger partial charge in [-0.3, -0.25) is 4.68 Å². The second-order valence-corrected chi connectivity index (χ2v) is 3.22. The average molecular weight is 178 g/mol. The number of nitrogens with zero attached hydrogens (tertiary/aromatic N) is 2. The average Bonchev–Trinajstić information content (AvgIpc) is 2.49. The molecular weight excluding hydrogens is 164 g/mol. The molecule has 1 aliphatic carbocycles. The topological polar surface area (TPSA) is 27.1 Å². The van der Waals surface area contributed by atoms with Gasteiger partial charge in [-0.2, -0.15) is 5.10 Å². The van der Waals surface area contributed by atoms with Gasteiger partial charge >= 0.3 is 0 Å².